The van der Waals surface area contributed by atoms with Crippen LogP contribution in [0.15, 0.2) is 48.5 Å². The lowest BCUT2D eigenvalue weighted by Crippen LogP contribution is -2.44. The number of esters is 1. The van der Waals surface area contributed by atoms with Crippen LogP contribution in [-0.4, -0.2) is 28.9 Å². The van der Waals surface area contributed by atoms with Gasteiger partial charge < -0.3 is 10.1 Å². The Kier molecular flexibility index (Phi) is 6.80. The Hall–Kier alpha value is -3.75. The van der Waals surface area contributed by atoms with E-state index >= 15 is 0 Å². The first-order chi connectivity index (χ1) is 13.3. The molecule has 0 heterocycles. The first-order valence-electron chi connectivity index (χ1n) is 8.36. The van der Waals surface area contributed by atoms with Crippen LogP contribution in [0.1, 0.15) is 28.4 Å². The number of nitrogens with one attached hydrogen (secondary N) is 2. The van der Waals surface area contributed by atoms with Gasteiger partial charge >= 0.3 is 12.0 Å². The van der Waals surface area contributed by atoms with Crippen molar-refractivity contribution < 1.29 is 24.0 Å². The summed E-state index contributed by atoms with van der Waals surface area (Å²) in [5, 5.41) is 15.5. The molecule has 0 saturated carbocycles. The van der Waals surface area contributed by atoms with Gasteiger partial charge in [-0.25, -0.2) is 9.59 Å². The zero-order valence-corrected chi connectivity index (χ0v) is 15.3. The molecule has 2 rings (SSSR count). The number of carbonyl (C=O) groups is 3. The molecule has 146 valence electrons. The summed E-state index contributed by atoms with van der Waals surface area (Å²) in [5.74, 6) is -1.73. The van der Waals surface area contributed by atoms with Crippen molar-refractivity contribution in [1.82, 2.24) is 10.6 Å². The van der Waals surface area contributed by atoms with E-state index in [-0.39, 0.29) is 17.8 Å². The van der Waals surface area contributed by atoms with Gasteiger partial charge in [0.25, 0.3) is 11.6 Å². The fraction of sp³-hybridized carbons (Fsp3) is 0.211. The molecule has 0 saturated heterocycles. The van der Waals surface area contributed by atoms with E-state index in [1.54, 1.807) is 0 Å². The summed E-state index contributed by atoms with van der Waals surface area (Å²) in [5.41, 5.74) is 0.949. The second-order valence-corrected chi connectivity index (χ2v) is 5.96. The molecule has 0 radical (unpaired) electrons. The molecule has 0 bridgehead atoms. The number of ether oxygens (including phenoxy) is 1. The quantitative estimate of drug-likeness (QED) is 0.447. The highest BCUT2D eigenvalue weighted by molar-refractivity contribution is 5.98. The Balaban J connectivity index is 1.89. The molecule has 9 nitrogen and oxygen atoms in total. The second-order valence-electron chi connectivity index (χ2n) is 5.96. The number of benzene rings is 2. The Bertz CT molecular complexity index is 898. The number of nitro benzene ring substituents is 1. The minimum atomic E-state index is -1.27. The number of amides is 3. The fourth-order valence-corrected chi connectivity index (χ4v) is 2.25. The van der Waals surface area contributed by atoms with E-state index in [0.717, 1.165) is 11.6 Å². The maximum absolute atomic E-state index is 12.1. The molecule has 0 aliphatic heterocycles. The zero-order valence-electron chi connectivity index (χ0n) is 15.3. The number of urea groups is 1. The number of aryl methyl sites for hydroxylation is 1. The third-order valence-electron chi connectivity index (χ3n) is 3.83. The summed E-state index contributed by atoms with van der Waals surface area (Å²) in [6.07, 6.45) is -1.27. The lowest BCUT2D eigenvalue weighted by molar-refractivity contribution is -0.385. The minimum Gasteiger partial charge on any atom is -0.449 e. The van der Waals surface area contributed by atoms with E-state index in [1.165, 1.54) is 26.0 Å². The minimum absolute atomic E-state index is 0.0644. The Morgan fingerprint density at radius 2 is 1.82 bits per heavy atom. The van der Waals surface area contributed by atoms with Crippen molar-refractivity contribution >= 4 is 23.6 Å². The summed E-state index contributed by atoms with van der Waals surface area (Å²) in [7, 11) is 0. The van der Waals surface area contributed by atoms with E-state index < -0.39 is 28.9 Å². The van der Waals surface area contributed by atoms with E-state index in [2.05, 4.69) is 10.6 Å². The molecule has 0 aliphatic carbocycles. The molecule has 0 unspecified atom stereocenters. The Labute approximate surface area is 160 Å². The van der Waals surface area contributed by atoms with Crippen LogP contribution >= 0.6 is 0 Å². The van der Waals surface area contributed by atoms with Crippen LogP contribution in [0.5, 0.6) is 0 Å². The van der Waals surface area contributed by atoms with Crippen molar-refractivity contribution in [1.29, 1.82) is 0 Å². The lowest BCUT2D eigenvalue weighted by Gasteiger charge is -2.13. The topological polar surface area (TPSA) is 128 Å². The number of nitro groups is 1. The standard InChI is InChI=1S/C19H19N3O6/c1-12-8-9-15(10-16(12)22(26)27)18(24)28-13(2)17(23)21-19(25)20-11-14-6-4-3-5-7-14/h3-10,13H,11H2,1-2H3,(H2,20,21,23,25)/t13-/m0/s1. The summed E-state index contributed by atoms with van der Waals surface area (Å²) >= 11 is 0. The number of imide groups is 1. The van der Waals surface area contributed by atoms with Gasteiger partial charge in [0.1, 0.15) is 0 Å². The highest BCUT2D eigenvalue weighted by Gasteiger charge is 2.22. The third kappa shape index (κ3) is 5.63. The zero-order chi connectivity index (χ0) is 20.7. The normalized spacial score (nSPS) is 11.2. The first-order valence-corrected chi connectivity index (χ1v) is 8.36. The lowest BCUT2D eigenvalue weighted by atomic mass is 10.1. The van der Waals surface area contributed by atoms with Crippen molar-refractivity contribution in [3.8, 4) is 0 Å². The van der Waals surface area contributed by atoms with Crippen LogP contribution in [0.4, 0.5) is 10.5 Å². The average Bonchev–Trinajstić information content (AvgIpc) is 2.67. The molecule has 2 aromatic rings. The summed E-state index contributed by atoms with van der Waals surface area (Å²) in [6.45, 7) is 3.05. The smallest absolute Gasteiger partial charge is 0.339 e. The summed E-state index contributed by atoms with van der Waals surface area (Å²) in [6, 6.07) is 12.2. The van der Waals surface area contributed by atoms with E-state index in [0.29, 0.717) is 5.56 Å². The largest absolute Gasteiger partial charge is 0.449 e. The van der Waals surface area contributed by atoms with Crippen LogP contribution in [0, 0.1) is 17.0 Å². The molecule has 0 aliphatic rings. The van der Waals surface area contributed by atoms with Gasteiger partial charge in [-0.3, -0.25) is 20.2 Å². The van der Waals surface area contributed by atoms with Gasteiger partial charge in [0, 0.05) is 18.2 Å². The fourth-order valence-electron chi connectivity index (χ4n) is 2.25. The molecular formula is C19H19N3O6. The van der Waals surface area contributed by atoms with Crippen molar-refractivity contribution in [2.24, 2.45) is 0 Å². The van der Waals surface area contributed by atoms with Crippen LogP contribution in [0.25, 0.3) is 0 Å². The third-order valence-corrected chi connectivity index (χ3v) is 3.83. The molecular weight excluding hydrogens is 366 g/mol. The van der Waals surface area contributed by atoms with Crippen LogP contribution < -0.4 is 10.6 Å². The highest BCUT2D eigenvalue weighted by atomic mass is 16.6. The summed E-state index contributed by atoms with van der Waals surface area (Å²) < 4.78 is 4.98. The van der Waals surface area contributed by atoms with Crippen molar-refractivity contribution in [3.63, 3.8) is 0 Å². The van der Waals surface area contributed by atoms with Crippen molar-refractivity contribution in [3.05, 3.63) is 75.3 Å². The van der Waals surface area contributed by atoms with E-state index in [9.17, 15) is 24.5 Å². The molecule has 1 atom stereocenters. The van der Waals surface area contributed by atoms with E-state index in [1.807, 2.05) is 30.3 Å². The highest BCUT2D eigenvalue weighted by Crippen LogP contribution is 2.20. The average molecular weight is 385 g/mol. The monoisotopic (exact) mass is 385 g/mol. The molecule has 2 N–H and O–H groups in total. The van der Waals surface area contributed by atoms with Crippen LogP contribution in [-0.2, 0) is 16.1 Å². The number of hydrogen-bond donors (Lipinski definition) is 2. The molecule has 9 heteroatoms. The number of hydrogen-bond acceptors (Lipinski definition) is 6. The predicted molar refractivity (Wildman–Crippen MR) is 99.5 cm³/mol. The second kappa shape index (κ2) is 9.26. The number of nitrogens with zero attached hydrogens (tertiary/aromatic N) is 1. The number of carbonyl (C=O) groups excluding carboxylic acids is 3. The predicted octanol–water partition coefficient (Wildman–Crippen LogP) is 2.47. The Morgan fingerprint density at radius 3 is 2.46 bits per heavy atom. The molecule has 2 aromatic carbocycles. The van der Waals surface area contributed by atoms with Crippen molar-refractivity contribution in [2.45, 2.75) is 26.5 Å². The Morgan fingerprint density at radius 1 is 1.14 bits per heavy atom. The van der Waals surface area contributed by atoms with Gasteiger partial charge in [0.15, 0.2) is 6.10 Å². The first kappa shape index (κ1) is 20.6. The maximum Gasteiger partial charge on any atom is 0.339 e. The van der Waals surface area contributed by atoms with Gasteiger partial charge in [-0.05, 0) is 25.5 Å². The van der Waals surface area contributed by atoms with Gasteiger partial charge in [-0.1, -0.05) is 36.4 Å². The van der Waals surface area contributed by atoms with Gasteiger partial charge in [-0.15, -0.1) is 0 Å². The molecule has 0 spiro atoms. The van der Waals surface area contributed by atoms with Crippen LogP contribution in [0.3, 0.4) is 0 Å². The SMILES string of the molecule is Cc1ccc(C(=O)O[C@@H](C)C(=O)NC(=O)NCc2ccccc2)cc1[N+](=O)[O-]. The van der Waals surface area contributed by atoms with E-state index in [4.69, 9.17) is 4.74 Å². The maximum atomic E-state index is 12.1. The molecule has 0 aromatic heterocycles. The van der Waals surface area contributed by atoms with Gasteiger partial charge in [0.05, 0.1) is 10.5 Å². The van der Waals surface area contributed by atoms with Gasteiger partial charge in [0.2, 0.25) is 0 Å². The molecule has 0 fully saturated rings. The summed E-state index contributed by atoms with van der Waals surface area (Å²) in [4.78, 5) is 46.3. The van der Waals surface area contributed by atoms with Crippen molar-refractivity contribution in [2.75, 3.05) is 0 Å². The molecule has 3 amide bonds. The van der Waals surface area contributed by atoms with Gasteiger partial charge in [-0.2, -0.15) is 0 Å². The molecule has 28 heavy (non-hydrogen) atoms. The number of rotatable bonds is 6. The van der Waals surface area contributed by atoms with Crippen LogP contribution in [0.2, 0.25) is 0 Å².